The van der Waals surface area contributed by atoms with Crippen LogP contribution in [0.4, 0.5) is 0 Å². The molecule has 1 saturated heterocycles. The van der Waals surface area contributed by atoms with Crippen molar-refractivity contribution in [1.82, 2.24) is 30.4 Å². The maximum Gasteiger partial charge on any atom is 0.280 e. The Morgan fingerprint density at radius 2 is 1.92 bits per heavy atom. The van der Waals surface area contributed by atoms with E-state index in [-0.39, 0.29) is 36.2 Å². The number of nitrogens with zero attached hydrogens (tertiary/aromatic N) is 3. The van der Waals surface area contributed by atoms with Gasteiger partial charge in [0.1, 0.15) is 5.69 Å². The second kappa shape index (κ2) is 10.8. The number of piperidine rings is 1. The average Bonchev–Trinajstić information content (AvgIpc) is 3.43. The average molecular weight is 552 g/mol. The Morgan fingerprint density at radius 1 is 1.14 bits per heavy atom. The Labute approximate surface area is 224 Å². The molecular weight excluding hydrogens is 523 g/mol. The number of rotatable bonds is 4. The number of carbonyl (C=O) groups is 3. The molecule has 192 valence electrons. The molecule has 2 unspecified atom stereocenters. The SMILES string of the molecule is CC(=O)N1CCC(NC(=O)c2cc3cc(Cl)ccc3[nH]2)C(NC(=O)c2nc3c(s2)CN(C)CC3)C1.Cl. The highest BCUT2D eigenvalue weighted by Crippen LogP contribution is 2.25. The van der Waals surface area contributed by atoms with Gasteiger partial charge in [0.2, 0.25) is 5.91 Å². The second-order valence-electron chi connectivity index (χ2n) is 9.20. The molecule has 1 fully saturated rings. The second-order valence-corrected chi connectivity index (χ2v) is 10.7. The molecule has 2 aromatic heterocycles. The molecular formula is C24H28Cl2N6O3S. The third-order valence-corrected chi connectivity index (χ3v) is 7.95. The van der Waals surface area contributed by atoms with Gasteiger partial charge in [0.25, 0.3) is 11.8 Å². The first-order valence-corrected chi connectivity index (χ1v) is 12.8. The molecule has 2 aliphatic rings. The molecule has 5 rings (SSSR count). The first-order chi connectivity index (χ1) is 16.8. The summed E-state index contributed by atoms with van der Waals surface area (Å²) < 4.78 is 0. The summed E-state index contributed by atoms with van der Waals surface area (Å²) in [6, 6.07) is 6.37. The minimum atomic E-state index is -0.438. The van der Waals surface area contributed by atoms with Crippen LogP contribution in [-0.4, -0.2) is 76.3 Å². The number of nitrogens with one attached hydrogen (secondary N) is 3. The molecule has 0 saturated carbocycles. The summed E-state index contributed by atoms with van der Waals surface area (Å²) in [5.74, 6) is -0.609. The van der Waals surface area contributed by atoms with Gasteiger partial charge in [-0.05, 0) is 37.7 Å². The minimum Gasteiger partial charge on any atom is -0.351 e. The highest BCUT2D eigenvalue weighted by Gasteiger charge is 2.34. The summed E-state index contributed by atoms with van der Waals surface area (Å²) in [7, 11) is 2.05. The lowest BCUT2D eigenvalue weighted by Crippen LogP contribution is -2.61. The van der Waals surface area contributed by atoms with Gasteiger partial charge in [-0.2, -0.15) is 0 Å². The molecule has 0 spiro atoms. The van der Waals surface area contributed by atoms with E-state index < -0.39 is 6.04 Å². The Bertz CT molecular complexity index is 1310. The third-order valence-electron chi connectivity index (χ3n) is 6.63. The monoisotopic (exact) mass is 550 g/mol. The third kappa shape index (κ3) is 5.51. The van der Waals surface area contributed by atoms with E-state index in [4.69, 9.17) is 11.6 Å². The summed E-state index contributed by atoms with van der Waals surface area (Å²) >= 11 is 7.48. The molecule has 0 radical (unpaired) electrons. The number of amides is 3. The largest absolute Gasteiger partial charge is 0.351 e. The van der Waals surface area contributed by atoms with Crippen LogP contribution in [0, 0.1) is 0 Å². The van der Waals surface area contributed by atoms with E-state index in [1.54, 1.807) is 23.1 Å². The molecule has 12 heteroatoms. The number of carbonyl (C=O) groups excluding carboxylic acids is 3. The molecule has 0 bridgehead atoms. The highest BCUT2D eigenvalue weighted by atomic mass is 35.5. The van der Waals surface area contributed by atoms with E-state index in [0.717, 1.165) is 41.0 Å². The van der Waals surface area contributed by atoms with E-state index in [1.807, 2.05) is 6.07 Å². The van der Waals surface area contributed by atoms with Crippen molar-refractivity contribution in [1.29, 1.82) is 0 Å². The lowest BCUT2D eigenvalue weighted by Gasteiger charge is -2.38. The Balaban J connectivity index is 0.00000304. The topological polar surface area (TPSA) is 110 Å². The predicted octanol–water partition coefficient (Wildman–Crippen LogP) is 2.84. The number of thiazole rings is 1. The van der Waals surface area contributed by atoms with Gasteiger partial charge in [-0.1, -0.05) is 11.6 Å². The maximum atomic E-state index is 13.1. The van der Waals surface area contributed by atoms with Crippen molar-refractivity contribution in [2.45, 2.75) is 38.4 Å². The fourth-order valence-electron chi connectivity index (χ4n) is 4.68. The van der Waals surface area contributed by atoms with Gasteiger partial charge in [-0.25, -0.2) is 4.98 Å². The van der Waals surface area contributed by atoms with Gasteiger partial charge in [-0.15, -0.1) is 23.7 Å². The standard InChI is InChI=1S/C24H27ClN6O3S.ClH/c1-13(32)31-8-6-17(27-22(33)19-10-14-9-15(25)3-4-16(14)26-19)20(11-31)28-23(34)24-29-18-5-7-30(2)12-21(18)35-24;/h3-4,9-10,17,20,26H,5-8,11-12H2,1-2H3,(H,27,33)(H,28,34);1H. The fraction of sp³-hybridized carbons (Fsp3) is 0.417. The van der Waals surface area contributed by atoms with E-state index in [1.165, 1.54) is 18.3 Å². The molecule has 3 N–H and O–H groups in total. The van der Waals surface area contributed by atoms with E-state index in [2.05, 4.69) is 32.5 Å². The zero-order chi connectivity index (χ0) is 24.7. The van der Waals surface area contributed by atoms with Crippen LogP contribution in [0.2, 0.25) is 5.02 Å². The number of benzene rings is 1. The number of hydrogen-bond donors (Lipinski definition) is 3. The Morgan fingerprint density at radius 3 is 2.69 bits per heavy atom. The molecule has 36 heavy (non-hydrogen) atoms. The van der Waals surface area contributed by atoms with Gasteiger partial charge >= 0.3 is 0 Å². The van der Waals surface area contributed by atoms with Gasteiger partial charge in [0.15, 0.2) is 5.01 Å². The summed E-state index contributed by atoms with van der Waals surface area (Å²) in [5.41, 5.74) is 2.21. The first kappa shape index (κ1) is 26.4. The van der Waals surface area contributed by atoms with E-state index >= 15 is 0 Å². The van der Waals surface area contributed by atoms with Crippen molar-refractivity contribution in [2.24, 2.45) is 0 Å². The van der Waals surface area contributed by atoms with Crippen molar-refractivity contribution in [3.05, 3.63) is 50.6 Å². The van der Waals surface area contributed by atoms with Crippen LogP contribution in [0.15, 0.2) is 24.3 Å². The zero-order valence-corrected chi connectivity index (χ0v) is 22.4. The van der Waals surface area contributed by atoms with Crippen LogP contribution in [-0.2, 0) is 17.8 Å². The molecule has 3 aromatic rings. The number of aromatic nitrogens is 2. The lowest BCUT2D eigenvalue weighted by atomic mass is 9.98. The predicted molar refractivity (Wildman–Crippen MR) is 142 cm³/mol. The van der Waals surface area contributed by atoms with Crippen molar-refractivity contribution >= 4 is 64.0 Å². The summed E-state index contributed by atoms with van der Waals surface area (Å²) in [6.07, 6.45) is 1.35. The van der Waals surface area contributed by atoms with Crippen LogP contribution >= 0.6 is 35.3 Å². The molecule has 4 heterocycles. The number of likely N-dealkylation sites (tertiary alicyclic amines) is 1. The van der Waals surface area contributed by atoms with Crippen LogP contribution in [0.5, 0.6) is 0 Å². The van der Waals surface area contributed by atoms with Crippen molar-refractivity contribution < 1.29 is 14.4 Å². The van der Waals surface area contributed by atoms with Gasteiger partial charge in [0.05, 0.1) is 17.8 Å². The van der Waals surface area contributed by atoms with Crippen LogP contribution in [0.3, 0.4) is 0 Å². The normalized spacial score (nSPS) is 19.9. The Kier molecular flexibility index (Phi) is 7.89. The zero-order valence-electron chi connectivity index (χ0n) is 20.0. The molecule has 2 aliphatic heterocycles. The number of aromatic amines is 1. The van der Waals surface area contributed by atoms with Crippen molar-refractivity contribution in [3.63, 3.8) is 0 Å². The quantitative estimate of drug-likeness (QED) is 0.462. The molecule has 1 aromatic carbocycles. The molecule has 0 aliphatic carbocycles. The fourth-order valence-corrected chi connectivity index (χ4v) is 5.95. The first-order valence-electron chi connectivity index (χ1n) is 11.6. The summed E-state index contributed by atoms with van der Waals surface area (Å²) in [6.45, 7) is 4.05. The summed E-state index contributed by atoms with van der Waals surface area (Å²) in [4.78, 5) is 50.9. The van der Waals surface area contributed by atoms with Crippen molar-refractivity contribution in [2.75, 3.05) is 26.7 Å². The lowest BCUT2D eigenvalue weighted by molar-refractivity contribution is -0.130. The smallest absolute Gasteiger partial charge is 0.280 e. The Hall–Kier alpha value is -2.66. The van der Waals surface area contributed by atoms with Crippen LogP contribution in [0.1, 0.15) is 44.2 Å². The summed E-state index contributed by atoms with van der Waals surface area (Å²) in [5, 5.41) is 7.95. The highest BCUT2D eigenvalue weighted by molar-refractivity contribution is 7.13. The maximum absolute atomic E-state index is 13.1. The number of halogens is 2. The number of hydrogen-bond acceptors (Lipinski definition) is 6. The minimum absolute atomic E-state index is 0. The van der Waals surface area contributed by atoms with Gasteiger partial charge < -0.3 is 25.4 Å². The molecule has 9 nitrogen and oxygen atoms in total. The van der Waals surface area contributed by atoms with Crippen LogP contribution in [0.25, 0.3) is 10.9 Å². The van der Waals surface area contributed by atoms with E-state index in [9.17, 15) is 14.4 Å². The molecule has 2 atom stereocenters. The van der Waals surface area contributed by atoms with Gasteiger partial charge in [-0.3, -0.25) is 14.4 Å². The molecule has 3 amide bonds. The van der Waals surface area contributed by atoms with E-state index in [0.29, 0.717) is 35.2 Å². The number of fused-ring (bicyclic) bond motifs is 2. The van der Waals surface area contributed by atoms with Crippen molar-refractivity contribution in [3.8, 4) is 0 Å². The number of likely N-dealkylation sites (N-methyl/N-ethyl adjacent to an activating group) is 1. The number of H-pyrrole nitrogens is 1. The van der Waals surface area contributed by atoms with Crippen LogP contribution < -0.4 is 10.6 Å². The van der Waals surface area contributed by atoms with Gasteiger partial charge in [0, 0.05) is 60.3 Å².